The second kappa shape index (κ2) is 7.69. The second-order valence-corrected chi connectivity index (χ2v) is 10.5. The van der Waals surface area contributed by atoms with E-state index in [1.54, 1.807) is 0 Å². The molecule has 1 aliphatic carbocycles. The van der Waals surface area contributed by atoms with Crippen LogP contribution >= 0.6 is 0 Å². The van der Waals surface area contributed by atoms with Crippen molar-refractivity contribution in [3.05, 3.63) is 140 Å². The fraction of sp³-hybridized carbons (Fsp3) is 0. The fourth-order valence-corrected chi connectivity index (χ4v) is 6.92. The van der Waals surface area contributed by atoms with Gasteiger partial charge in [-0.25, -0.2) is 0 Å². The molecule has 0 amide bonds. The van der Waals surface area contributed by atoms with Gasteiger partial charge in [0.25, 0.3) is 0 Å². The van der Waals surface area contributed by atoms with Gasteiger partial charge in [0.2, 0.25) is 0 Å². The predicted octanol–water partition coefficient (Wildman–Crippen LogP) is 10.4. The van der Waals surface area contributed by atoms with E-state index in [2.05, 4.69) is 144 Å². The summed E-state index contributed by atoms with van der Waals surface area (Å²) in [5, 5.41) is 7.77. The van der Waals surface area contributed by atoms with E-state index in [0.29, 0.717) is 0 Å². The highest BCUT2D eigenvalue weighted by molar-refractivity contribution is 6.21. The van der Waals surface area contributed by atoms with E-state index < -0.39 is 0 Å². The molecule has 39 heavy (non-hydrogen) atoms. The number of rotatable bonds is 2. The van der Waals surface area contributed by atoms with Crippen molar-refractivity contribution < 1.29 is 0 Å². The molecule has 0 spiro atoms. The minimum absolute atomic E-state index is 1.20. The largest absolute Gasteiger partial charge is 0.308 e. The molecule has 0 atom stereocenters. The summed E-state index contributed by atoms with van der Waals surface area (Å²) in [5.74, 6) is 0. The standard InChI is InChI=1S/C38H23N/c1-2-11-25-24(10-1)20-21-34-30-15-6-8-19-36(30)39(38(25)34)35-18-7-5-14-29(35)28-22-23-33-27-13-4-3-12-26(27)31-16-9-17-32(28)37(31)33/h1-23H. The van der Waals surface area contributed by atoms with Crippen LogP contribution in [0.2, 0.25) is 0 Å². The monoisotopic (exact) mass is 493 g/mol. The number of para-hydroxylation sites is 2. The molecule has 0 N–H and O–H groups in total. The van der Waals surface area contributed by atoms with Gasteiger partial charge >= 0.3 is 0 Å². The summed E-state index contributed by atoms with van der Waals surface area (Å²) < 4.78 is 2.49. The van der Waals surface area contributed by atoms with Gasteiger partial charge in [-0.15, -0.1) is 0 Å². The van der Waals surface area contributed by atoms with E-state index in [0.717, 1.165) is 0 Å². The molecular formula is C38H23N. The molecule has 8 aromatic rings. The van der Waals surface area contributed by atoms with Crippen LogP contribution in [0.25, 0.3) is 82.4 Å². The van der Waals surface area contributed by atoms with E-state index >= 15 is 0 Å². The number of hydrogen-bond acceptors (Lipinski definition) is 0. The average molecular weight is 494 g/mol. The molecule has 1 heterocycles. The lowest BCUT2D eigenvalue weighted by Gasteiger charge is -2.17. The third kappa shape index (κ3) is 2.74. The van der Waals surface area contributed by atoms with Crippen molar-refractivity contribution in [2.75, 3.05) is 0 Å². The smallest absolute Gasteiger partial charge is 0.0619 e. The molecule has 1 heteroatoms. The lowest BCUT2D eigenvalue weighted by Crippen LogP contribution is -1.98. The first-order chi connectivity index (χ1) is 19.4. The first kappa shape index (κ1) is 20.9. The van der Waals surface area contributed by atoms with Gasteiger partial charge in [-0.3, -0.25) is 0 Å². The Balaban J connectivity index is 1.41. The van der Waals surface area contributed by atoms with Crippen molar-refractivity contribution >= 4 is 43.4 Å². The van der Waals surface area contributed by atoms with Crippen molar-refractivity contribution in [2.45, 2.75) is 0 Å². The third-order valence-electron chi connectivity index (χ3n) is 8.54. The van der Waals surface area contributed by atoms with Gasteiger partial charge in [0, 0.05) is 21.7 Å². The van der Waals surface area contributed by atoms with Crippen LogP contribution in [0, 0.1) is 0 Å². The molecule has 0 saturated carbocycles. The molecule has 9 rings (SSSR count). The molecule has 0 fully saturated rings. The van der Waals surface area contributed by atoms with Crippen molar-refractivity contribution in [1.29, 1.82) is 0 Å². The number of hydrogen-bond donors (Lipinski definition) is 0. The van der Waals surface area contributed by atoms with Crippen molar-refractivity contribution in [3.8, 4) is 39.1 Å². The maximum absolute atomic E-state index is 2.49. The van der Waals surface area contributed by atoms with Crippen molar-refractivity contribution in [1.82, 2.24) is 4.57 Å². The Bertz CT molecular complexity index is 2250. The predicted molar refractivity (Wildman–Crippen MR) is 166 cm³/mol. The lowest BCUT2D eigenvalue weighted by molar-refractivity contribution is 1.19. The van der Waals surface area contributed by atoms with Crippen LogP contribution in [-0.4, -0.2) is 4.57 Å². The summed E-state index contributed by atoms with van der Waals surface area (Å²) in [5.41, 5.74) is 11.5. The molecule has 0 bridgehead atoms. The topological polar surface area (TPSA) is 4.93 Å². The SMILES string of the molecule is c1ccc2c(c1)-c1cccc3c(-c4ccccc4-n4c5ccccc5c5ccc6ccccc6c54)ccc-2c13. The first-order valence-electron chi connectivity index (χ1n) is 13.5. The molecule has 0 unspecified atom stereocenters. The summed E-state index contributed by atoms with van der Waals surface area (Å²) in [4.78, 5) is 0. The second-order valence-electron chi connectivity index (χ2n) is 10.5. The maximum atomic E-state index is 2.49. The van der Waals surface area contributed by atoms with Gasteiger partial charge in [-0.2, -0.15) is 0 Å². The van der Waals surface area contributed by atoms with Gasteiger partial charge in [0.1, 0.15) is 0 Å². The van der Waals surface area contributed by atoms with Crippen LogP contribution in [0.5, 0.6) is 0 Å². The van der Waals surface area contributed by atoms with Crippen LogP contribution in [0.15, 0.2) is 140 Å². The molecule has 7 aromatic carbocycles. The van der Waals surface area contributed by atoms with Crippen LogP contribution in [0.1, 0.15) is 0 Å². The average Bonchev–Trinajstić information content (AvgIpc) is 3.52. The van der Waals surface area contributed by atoms with Crippen LogP contribution in [-0.2, 0) is 0 Å². The number of nitrogens with zero attached hydrogens (tertiary/aromatic N) is 1. The summed E-state index contributed by atoms with van der Waals surface area (Å²) in [6.45, 7) is 0. The molecule has 1 aromatic heterocycles. The first-order valence-corrected chi connectivity index (χ1v) is 13.5. The van der Waals surface area contributed by atoms with Crippen molar-refractivity contribution in [2.24, 2.45) is 0 Å². The van der Waals surface area contributed by atoms with Crippen LogP contribution < -0.4 is 0 Å². The Labute approximate surface area is 226 Å². The zero-order valence-electron chi connectivity index (χ0n) is 21.2. The molecule has 1 aliphatic rings. The quantitative estimate of drug-likeness (QED) is 0.226. The Morgan fingerprint density at radius 1 is 0.333 bits per heavy atom. The Kier molecular flexibility index (Phi) is 4.11. The third-order valence-corrected chi connectivity index (χ3v) is 8.54. The summed E-state index contributed by atoms with van der Waals surface area (Å²) in [6, 6.07) is 51.2. The van der Waals surface area contributed by atoms with Gasteiger partial charge in [-0.1, -0.05) is 127 Å². The van der Waals surface area contributed by atoms with Crippen LogP contribution in [0.3, 0.4) is 0 Å². The molecule has 1 nitrogen and oxygen atoms in total. The molecular weight excluding hydrogens is 470 g/mol. The molecule has 0 aliphatic heterocycles. The van der Waals surface area contributed by atoms with E-state index in [1.807, 2.05) is 0 Å². The van der Waals surface area contributed by atoms with E-state index in [-0.39, 0.29) is 0 Å². The Morgan fingerprint density at radius 3 is 1.82 bits per heavy atom. The Hall–Kier alpha value is -5.14. The summed E-state index contributed by atoms with van der Waals surface area (Å²) in [6.07, 6.45) is 0. The molecule has 0 saturated heterocycles. The van der Waals surface area contributed by atoms with Gasteiger partial charge in [-0.05, 0) is 56.1 Å². The zero-order valence-corrected chi connectivity index (χ0v) is 21.2. The van der Waals surface area contributed by atoms with Crippen LogP contribution in [0.4, 0.5) is 0 Å². The van der Waals surface area contributed by atoms with Gasteiger partial charge in [0.15, 0.2) is 0 Å². The molecule has 180 valence electrons. The summed E-state index contributed by atoms with van der Waals surface area (Å²) >= 11 is 0. The van der Waals surface area contributed by atoms with E-state index in [4.69, 9.17) is 0 Å². The van der Waals surface area contributed by atoms with E-state index in [1.165, 1.54) is 82.4 Å². The summed E-state index contributed by atoms with van der Waals surface area (Å²) in [7, 11) is 0. The Morgan fingerprint density at radius 2 is 0.949 bits per heavy atom. The van der Waals surface area contributed by atoms with Crippen molar-refractivity contribution in [3.63, 3.8) is 0 Å². The van der Waals surface area contributed by atoms with Gasteiger partial charge < -0.3 is 4.57 Å². The minimum atomic E-state index is 1.20. The minimum Gasteiger partial charge on any atom is -0.308 e. The highest BCUT2D eigenvalue weighted by Crippen LogP contribution is 2.50. The highest BCUT2D eigenvalue weighted by Gasteiger charge is 2.23. The maximum Gasteiger partial charge on any atom is 0.0619 e. The van der Waals surface area contributed by atoms with E-state index in [9.17, 15) is 0 Å². The normalized spacial score (nSPS) is 12.1. The zero-order chi connectivity index (χ0) is 25.5. The number of fused-ring (bicyclic) bond motifs is 8. The number of aromatic nitrogens is 1. The lowest BCUT2D eigenvalue weighted by atomic mass is 9.93. The number of benzene rings is 7. The highest BCUT2D eigenvalue weighted by atomic mass is 15.0. The molecule has 0 radical (unpaired) electrons. The fourth-order valence-electron chi connectivity index (χ4n) is 6.92. The van der Waals surface area contributed by atoms with Gasteiger partial charge in [0.05, 0.1) is 16.7 Å².